The molecule has 1 N–H and O–H groups in total. The highest BCUT2D eigenvalue weighted by Gasteiger charge is 2.41. The third kappa shape index (κ3) is 4.71. The van der Waals surface area contributed by atoms with Gasteiger partial charge in [0.05, 0.1) is 5.92 Å². The fraction of sp³-hybridized carbons (Fsp3) is 0.625. The number of hydrogen-bond donors (Lipinski definition) is 1. The van der Waals surface area contributed by atoms with Crippen LogP contribution in [0.2, 0.25) is 0 Å². The number of nitrogens with one attached hydrogen (secondary N) is 1. The molecule has 0 radical (unpaired) electrons. The standard InChI is InChI=1S/C16H23F3N2/c1-20-9-8-13-5-2-3-6-14(13)11-21-10-4-7-15(12-21)16(17,18)19/h2-3,5-6,15,20H,4,7-12H2,1H3. The molecule has 1 unspecified atom stereocenters. The Kier molecular flexibility index (Phi) is 5.65. The Bertz CT molecular complexity index is 445. The van der Waals surface area contributed by atoms with Gasteiger partial charge in [-0.2, -0.15) is 13.2 Å². The summed E-state index contributed by atoms with van der Waals surface area (Å²) in [6.45, 7) is 2.38. The van der Waals surface area contributed by atoms with Crippen molar-refractivity contribution in [3.8, 4) is 0 Å². The zero-order valence-corrected chi connectivity index (χ0v) is 12.4. The van der Waals surface area contributed by atoms with Crippen LogP contribution in [0.3, 0.4) is 0 Å². The molecule has 1 fully saturated rings. The second-order valence-corrected chi connectivity index (χ2v) is 5.74. The molecule has 1 aromatic carbocycles. The molecule has 0 aromatic heterocycles. The molecule has 0 aliphatic carbocycles. The monoisotopic (exact) mass is 300 g/mol. The van der Waals surface area contributed by atoms with Gasteiger partial charge in [-0.3, -0.25) is 4.90 Å². The van der Waals surface area contributed by atoms with Crippen molar-refractivity contribution in [1.82, 2.24) is 10.2 Å². The maximum atomic E-state index is 12.9. The van der Waals surface area contributed by atoms with Crippen LogP contribution in [0.1, 0.15) is 24.0 Å². The summed E-state index contributed by atoms with van der Waals surface area (Å²) >= 11 is 0. The van der Waals surface area contributed by atoms with Gasteiger partial charge in [0.15, 0.2) is 0 Å². The lowest BCUT2D eigenvalue weighted by Crippen LogP contribution is -2.41. The van der Waals surface area contributed by atoms with Crippen molar-refractivity contribution in [3.63, 3.8) is 0 Å². The lowest BCUT2D eigenvalue weighted by atomic mass is 9.96. The maximum absolute atomic E-state index is 12.9. The van der Waals surface area contributed by atoms with Crippen LogP contribution in [0, 0.1) is 5.92 Å². The molecular weight excluding hydrogens is 277 g/mol. The number of alkyl halides is 3. The van der Waals surface area contributed by atoms with E-state index < -0.39 is 12.1 Å². The van der Waals surface area contributed by atoms with E-state index in [1.165, 1.54) is 5.56 Å². The summed E-state index contributed by atoms with van der Waals surface area (Å²) < 4.78 is 38.6. The molecule has 118 valence electrons. The fourth-order valence-electron chi connectivity index (χ4n) is 2.92. The van der Waals surface area contributed by atoms with E-state index in [9.17, 15) is 13.2 Å². The number of nitrogens with zero attached hydrogens (tertiary/aromatic N) is 1. The van der Waals surface area contributed by atoms with Crippen LogP contribution < -0.4 is 5.32 Å². The largest absolute Gasteiger partial charge is 0.393 e. The molecule has 2 rings (SSSR count). The summed E-state index contributed by atoms with van der Waals surface area (Å²) in [7, 11) is 1.90. The SMILES string of the molecule is CNCCc1ccccc1CN1CCCC(C(F)(F)F)C1. The number of benzene rings is 1. The van der Waals surface area contributed by atoms with Crippen LogP contribution in [0.15, 0.2) is 24.3 Å². The number of piperidine rings is 1. The van der Waals surface area contributed by atoms with E-state index in [0.29, 0.717) is 13.0 Å². The first kappa shape index (κ1) is 16.3. The van der Waals surface area contributed by atoms with Crippen LogP contribution in [0.4, 0.5) is 13.2 Å². The molecule has 5 heteroatoms. The Morgan fingerprint density at radius 1 is 1.24 bits per heavy atom. The molecule has 1 aromatic rings. The van der Waals surface area contributed by atoms with Crippen molar-refractivity contribution in [2.45, 2.75) is 32.0 Å². The molecule has 0 bridgehead atoms. The fourth-order valence-corrected chi connectivity index (χ4v) is 2.92. The van der Waals surface area contributed by atoms with E-state index in [-0.39, 0.29) is 13.0 Å². The summed E-state index contributed by atoms with van der Waals surface area (Å²) in [4.78, 5) is 1.94. The highest BCUT2D eigenvalue weighted by molar-refractivity contribution is 5.27. The van der Waals surface area contributed by atoms with Gasteiger partial charge in [0, 0.05) is 13.1 Å². The zero-order chi connectivity index (χ0) is 15.3. The number of likely N-dealkylation sites (tertiary alicyclic amines) is 1. The van der Waals surface area contributed by atoms with Crippen molar-refractivity contribution < 1.29 is 13.2 Å². The molecule has 1 aliphatic rings. The van der Waals surface area contributed by atoms with E-state index in [4.69, 9.17) is 0 Å². The molecule has 1 aliphatic heterocycles. The number of rotatable bonds is 5. The van der Waals surface area contributed by atoms with Crippen molar-refractivity contribution >= 4 is 0 Å². The van der Waals surface area contributed by atoms with Gasteiger partial charge >= 0.3 is 6.18 Å². The second kappa shape index (κ2) is 7.27. The molecule has 1 saturated heterocycles. The van der Waals surface area contributed by atoms with Gasteiger partial charge in [-0.25, -0.2) is 0 Å². The predicted octanol–water partition coefficient (Wildman–Crippen LogP) is 3.22. The van der Waals surface area contributed by atoms with Gasteiger partial charge in [0.1, 0.15) is 0 Å². The minimum absolute atomic E-state index is 0.129. The minimum Gasteiger partial charge on any atom is -0.319 e. The zero-order valence-electron chi connectivity index (χ0n) is 12.4. The average Bonchev–Trinajstić information content (AvgIpc) is 2.46. The van der Waals surface area contributed by atoms with Crippen LogP contribution in [-0.4, -0.2) is 37.8 Å². The third-order valence-corrected chi connectivity index (χ3v) is 4.13. The lowest BCUT2D eigenvalue weighted by molar-refractivity contribution is -0.187. The molecule has 1 atom stereocenters. The van der Waals surface area contributed by atoms with E-state index in [1.807, 2.05) is 30.1 Å². The summed E-state index contributed by atoms with van der Waals surface area (Å²) in [6, 6.07) is 8.05. The minimum atomic E-state index is -4.07. The van der Waals surface area contributed by atoms with Crippen LogP contribution >= 0.6 is 0 Å². The van der Waals surface area contributed by atoms with E-state index in [2.05, 4.69) is 11.4 Å². The molecule has 1 heterocycles. The first-order valence-electron chi connectivity index (χ1n) is 7.51. The molecular formula is C16H23F3N2. The number of hydrogen-bond acceptors (Lipinski definition) is 2. The van der Waals surface area contributed by atoms with Gasteiger partial charge in [-0.1, -0.05) is 24.3 Å². The Morgan fingerprint density at radius 2 is 1.95 bits per heavy atom. The first-order chi connectivity index (χ1) is 10.0. The summed E-state index contributed by atoms with van der Waals surface area (Å²) in [6.07, 6.45) is -2.27. The highest BCUT2D eigenvalue weighted by atomic mass is 19.4. The van der Waals surface area contributed by atoms with Crippen molar-refractivity contribution in [3.05, 3.63) is 35.4 Å². The molecule has 0 amide bonds. The Labute approximate surface area is 124 Å². The smallest absolute Gasteiger partial charge is 0.319 e. The van der Waals surface area contributed by atoms with Crippen LogP contribution in [0.25, 0.3) is 0 Å². The third-order valence-electron chi connectivity index (χ3n) is 4.13. The van der Waals surface area contributed by atoms with Gasteiger partial charge in [-0.05, 0) is 50.5 Å². The average molecular weight is 300 g/mol. The summed E-state index contributed by atoms with van der Waals surface area (Å²) in [5, 5.41) is 3.11. The van der Waals surface area contributed by atoms with Crippen molar-refractivity contribution in [2.24, 2.45) is 5.92 Å². The van der Waals surface area contributed by atoms with Crippen molar-refractivity contribution in [1.29, 1.82) is 0 Å². The summed E-state index contributed by atoms with van der Waals surface area (Å²) in [5.41, 5.74) is 2.37. The van der Waals surface area contributed by atoms with Crippen LogP contribution in [0.5, 0.6) is 0 Å². The van der Waals surface area contributed by atoms with Gasteiger partial charge in [0.25, 0.3) is 0 Å². The Morgan fingerprint density at radius 3 is 2.62 bits per heavy atom. The van der Waals surface area contributed by atoms with E-state index in [0.717, 1.165) is 25.1 Å². The highest BCUT2D eigenvalue weighted by Crippen LogP contribution is 2.33. The first-order valence-corrected chi connectivity index (χ1v) is 7.51. The van der Waals surface area contributed by atoms with E-state index >= 15 is 0 Å². The molecule has 21 heavy (non-hydrogen) atoms. The maximum Gasteiger partial charge on any atom is 0.393 e. The predicted molar refractivity (Wildman–Crippen MR) is 78.1 cm³/mol. The molecule has 2 nitrogen and oxygen atoms in total. The van der Waals surface area contributed by atoms with Crippen molar-refractivity contribution in [2.75, 3.05) is 26.7 Å². The Hall–Kier alpha value is -1.07. The van der Waals surface area contributed by atoms with Gasteiger partial charge < -0.3 is 5.32 Å². The molecule has 0 spiro atoms. The molecule has 0 saturated carbocycles. The van der Waals surface area contributed by atoms with Crippen LogP contribution in [-0.2, 0) is 13.0 Å². The summed E-state index contributed by atoms with van der Waals surface area (Å²) in [5.74, 6) is -1.17. The number of halogens is 3. The number of likely N-dealkylation sites (N-methyl/N-ethyl adjacent to an activating group) is 1. The topological polar surface area (TPSA) is 15.3 Å². The van der Waals surface area contributed by atoms with Gasteiger partial charge in [-0.15, -0.1) is 0 Å². The second-order valence-electron chi connectivity index (χ2n) is 5.74. The quantitative estimate of drug-likeness (QED) is 0.898. The lowest BCUT2D eigenvalue weighted by Gasteiger charge is -2.34. The Balaban J connectivity index is 2.01. The normalized spacial score (nSPS) is 20.7. The van der Waals surface area contributed by atoms with Gasteiger partial charge in [0.2, 0.25) is 0 Å². The van der Waals surface area contributed by atoms with E-state index in [1.54, 1.807) is 0 Å².